The standard InChI is InChI=1S/C19H20ClF3N2O4S/c1-12(2)25(3)30(27,28)14-8-9-16(20)15(10-14)18(26)24-11-13-6-4-5-7-17(13)29-19(21,22)23/h4-10,12H,11H2,1-3H3,(H,24,26). The zero-order chi connectivity index (χ0) is 22.7. The minimum absolute atomic E-state index is 0.00141. The molecule has 0 bridgehead atoms. The Morgan fingerprint density at radius 1 is 1.20 bits per heavy atom. The van der Waals surface area contributed by atoms with E-state index in [1.165, 1.54) is 37.4 Å². The first-order chi connectivity index (χ1) is 13.8. The van der Waals surface area contributed by atoms with E-state index < -0.39 is 28.0 Å². The second-order valence-corrected chi connectivity index (χ2v) is 9.00. The summed E-state index contributed by atoms with van der Waals surface area (Å²) in [6.45, 7) is 3.10. The number of nitrogens with one attached hydrogen (secondary N) is 1. The predicted octanol–water partition coefficient (Wildman–Crippen LogP) is 4.20. The van der Waals surface area contributed by atoms with Gasteiger partial charge in [0.15, 0.2) is 0 Å². The summed E-state index contributed by atoms with van der Waals surface area (Å²) in [5.41, 5.74) is -0.0354. The Bertz CT molecular complexity index is 1030. The van der Waals surface area contributed by atoms with Gasteiger partial charge in [0.25, 0.3) is 5.91 Å². The first-order valence-corrected chi connectivity index (χ1v) is 10.5. The smallest absolute Gasteiger partial charge is 0.405 e. The van der Waals surface area contributed by atoms with E-state index in [1.54, 1.807) is 13.8 Å². The fourth-order valence-corrected chi connectivity index (χ4v) is 4.03. The third-order valence-electron chi connectivity index (χ3n) is 4.22. The Labute approximate surface area is 177 Å². The van der Waals surface area contributed by atoms with Crippen molar-refractivity contribution in [2.75, 3.05) is 7.05 Å². The molecule has 0 atom stereocenters. The Hall–Kier alpha value is -2.30. The molecule has 164 valence electrons. The number of benzene rings is 2. The lowest BCUT2D eigenvalue weighted by atomic mass is 10.1. The highest BCUT2D eigenvalue weighted by Crippen LogP contribution is 2.27. The summed E-state index contributed by atoms with van der Waals surface area (Å²) in [6, 6.07) is 8.71. The van der Waals surface area contributed by atoms with Crippen molar-refractivity contribution in [2.24, 2.45) is 0 Å². The fourth-order valence-electron chi connectivity index (χ4n) is 2.43. The van der Waals surface area contributed by atoms with E-state index in [2.05, 4.69) is 10.1 Å². The number of amides is 1. The van der Waals surface area contributed by atoms with Gasteiger partial charge >= 0.3 is 6.36 Å². The van der Waals surface area contributed by atoms with Gasteiger partial charge in [0.05, 0.1) is 15.5 Å². The van der Waals surface area contributed by atoms with Crippen molar-refractivity contribution in [3.05, 3.63) is 58.6 Å². The van der Waals surface area contributed by atoms with Gasteiger partial charge in [-0.1, -0.05) is 29.8 Å². The third kappa shape index (κ3) is 5.87. The maximum atomic E-state index is 12.6. The van der Waals surface area contributed by atoms with Crippen molar-refractivity contribution >= 4 is 27.5 Å². The van der Waals surface area contributed by atoms with E-state index in [0.29, 0.717) is 0 Å². The number of ether oxygens (including phenoxy) is 1. The van der Waals surface area contributed by atoms with Crippen LogP contribution in [0.5, 0.6) is 5.75 Å². The summed E-state index contributed by atoms with van der Waals surface area (Å²) in [5.74, 6) is -1.20. The van der Waals surface area contributed by atoms with Crippen molar-refractivity contribution < 1.29 is 31.1 Å². The van der Waals surface area contributed by atoms with Gasteiger partial charge < -0.3 is 10.1 Å². The van der Waals surface area contributed by atoms with Crippen LogP contribution in [0.3, 0.4) is 0 Å². The van der Waals surface area contributed by atoms with E-state index in [1.807, 2.05) is 0 Å². The van der Waals surface area contributed by atoms with E-state index in [9.17, 15) is 26.4 Å². The molecule has 1 N–H and O–H groups in total. The highest BCUT2D eigenvalue weighted by molar-refractivity contribution is 7.89. The number of halogens is 4. The summed E-state index contributed by atoms with van der Waals surface area (Å²) in [5, 5.41) is 2.43. The lowest BCUT2D eigenvalue weighted by molar-refractivity contribution is -0.274. The van der Waals surface area contributed by atoms with Crippen molar-refractivity contribution in [3.8, 4) is 5.75 Å². The van der Waals surface area contributed by atoms with Crippen LogP contribution in [0, 0.1) is 0 Å². The van der Waals surface area contributed by atoms with Crippen LogP contribution in [0.1, 0.15) is 29.8 Å². The minimum atomic E-state index is -4.88. The Morgan fingerprint density at radius 2 is 1.83 bits per heavy atom. The summed E-state index contributed by atoms with van der Waals surface area (Å²) in [6.07, 6.45) is -4.88. The summed E-state index contributed by atoms with van der Waals surface area (Å²) < 4.78 is 68.0. The fraction of sp³-hybridized carbons (Fsp3) is 0.316. The van der Waals surface area contributed by atoms with Crippen molar-refractivity contribution in [2.45, 2.75) is 37.7 Å². The van der Waals surface area contributed by atoms with Gasteiger partial charge in [0.2, 0.25) is 10.0 Å². The van der Waals surface area contributed by atoms with Gasteiger partial charge in [0, 0.05) is 25.2 Å². The van der Waals surface area contributed by atoms with E-state index >= 15 is 0 Å². The minimum Gasteiger partial charge on any atom is -0.405 e. The Balaban J connectivity index is 2.25. The molecule has 0 unspecified atom stereocenters. The summed E-state index contributed by atoms with van der Waals surface area (Å²) >= 11 is 6.04. The summed E-state index contributed by atoms with van der Waals surface area (Å²) in [4.78, 5) is 12.4. The second kappa shape index (κ2) is 9.23. The number of hydrogen-bond donors (Lipinski definition) is 1. The summed E-state index contributed by atoms with van der Waals surface area (Å²) in [7, 11) is -2.45. The molecule has 0 spiro atoms. The number of hydrogen-bond acceptors (Lipinski definition) is 4. The average Bonchev–Trinajstić information content (AvgIpc) is 2.65. The maximum Gasteiger partial charge on any atom is 0.573 e. The number of carbonyl (C=O) groups excluding carboxylic acids is 1. The molecule has 0 aliphatic carbocycles. The molecular formula is C19H20ClF3N2O4S. The van der Waals surface area contributed by atoms with Crippen LogP contribution in [-0.4, -0.2) is 38.1 Å². The molecule has 0 aliphatic rings. The molecule has 0 aromatic heterocycles. The van der Waals surface area contributed by atoms with Crippen LogP contribution in [0.15, 0.2) is 47.4 Å². The van der Waals surface area contributed by atoms with Crippen molar-refractivity contribution in [3.63, 3.8) is 0 Å². The van der Waals surface area contributed by atoms with Crippen LogP contribution < -0.4 is 10.1 Å². The Kier molecular flexibility index (Phi) is 7.38. The highest BCUT2D eigenvalue weighted by atomic mass is 35.5. The van der Waals surface area contributed by atoms with Crippen LogP contribution in [0.4, 0.5) is 13.2 Å². The van der Waals surface area contributed by atoms with Gasteiger partial charge in [0.1, 0.15) is 5.75 Å². The number of rotatable bonds is 7. The zero-order valence-corrected chi connectivity index (χ0v) is 17.9. The molecular weight excluding hydrogens is 445 g/mol. The van der Waals surface area contributed by atoms with Crippen molar-refractivity contribution in [1.82, 2.24) is 9.62 Å². The molecule has 1 amide bonds. The number of para-hydroxylation sites is 1. The zero-order valence-electron chi connectivity index (χ0n) is 16.3. The number of alkyl halides is 3. The van der Waals surface area contributed by atoms with Crippen LogP contribution in [0.25, 0.3) is 0 Å². The number of sulfonamides is 1. The molecule has 0 saturated carbocycles. The van der Waals surface area contributed by atoms with Crippen molar-refractivity contribution in [1.29, 1.82) is 0 Å². The highest BCUT2D eigenvalue weighted by Gasteiger charge is 2.32. The van der Waals surface area contributed by atoms with Gasteiger partial charge in [-0.15, -0.1) is 13.2 Å². The number of nitrogens with zero attached hydrogens (tertiary/aromatic N) is 1. The molecule has 2 aromatic carbocycles. The first-order valence-electron chi connectivity index (χ1n) is 8.72. The molecule has 0 aliphatic heterocycles. The first kappa shape index (κ1) is 24.0. The quantitative estimate of drug-likeness (QED) is 0.666. The van der Waals surface area contributed by atoms with Gasteiger partial charge in [-0.2, -0.15) is 4.31 Å². The molecule has 30 heavy (non-hydrogen) atoms. The van der Waals surface area contributed by atoms with Crippen LogP contribution in [0.2, 0.25) is 5.02 Å². The molecule has 0 fully saturated rings. The van der Waals surface area contributed by atoms with Gasteiger partial charge in [-0.3, -0.25) is 4.79 Å². The molecule has 2 aromatic rings. The SMILES string of the molecule is CC(C)N(C)S(=O)(=O)c1ccc(Cl)c(C(=O)NCc2ccccc2OC(F)(F)F)c1. The monoisotopic (exact) mass is 464 g/mol. The molecule has 2 rings (SSSR count). The van der Waals surface area contributed by atoms with E-state index in [0.717, 1.165) is 16.4 Å². The topological polar surface area (TPSA) is 75.7 Å². The molecule has 11 heteroatoms. The molecule has 0 radical (unpaired) electrons. The maximum absolute atomic E-state index is 12.6. The molecule has 0 heterocycles. The largest absolute Gasteiger partial charge is 0.573 e. The van der Waals surface area contributed by atoms with Gasteiger partial charge in [-0.05, 0) is 38.1 Å². The van der Waals surface area contributed by atoms with Gasteiger partial charge in [-0.25, -0.2) is 8.42 Å². The number of carbonyl (C=O) groups is 1. The lowest BCUT2D eigenvalue weighted by Crippen LogP contribution is -2.33. The normalized spacial score (nSPS) is 12.3. The molecule has 6 nitrogen and oxygen atoms in total. The second-order valence-electron chi connectivity index (χ2n) is 6.59. The predicted molar refractivity (Wildman–Crippen MR) is 106 cm³/mol. The van der Waals surface area contributed by atoms with E-state index in [-0.39, 0.29) is 33.6 Å². The molecule has 0 saturated heterocycles. The third-order valence-corrected chi connectivity index (χ3v) is 6.58. The average molecular weight is 465 g/mol. The Morgan fingerprint density at radius 3 is 2.43 bits per heavy atom. The van der Waals surface area contributed by atoms with Crippen LogP contribution in [-0.2, 0) is 16.6 Å². The lowest BCUT2D eigenvalue weighted by Gasteiger charge is -2.21. The van der Waals surface area contributed by atoms with E-state index in [4.69, 9.17) is 11.6 Å². The van der Waals surface area contributed by atoms with Crippen LogP contribution >= 0.6 is 11.6 Å².